The summed E-state index contributed by atoms with van der Waals surface area (Å²) in [4.78, 5) is 14.8. The van der Waals surface area contributed by atoms with E-state index in [1.807, 2.05) is 4.90 Å². The summed E-state index contributed by atoms with van der Waals surface area (Å²) < 4.78 is 21.2. The number of anilines is 2. The molecule has 10 heteroatoms. The quantitative estimate of drug-likeness (QED) is 0.574. The van der Waals surface area contributed by atoms with E-state index >= 15 is 0 Å². The van der Waals surface area contributed by atoms with Crippen LogP contribution in [0.1, 0.15) is 12.5 Å². The van der Waals surface area contributed by atoms with Crippen molar-refractivity contribution in [2.24, 2.45) is 0 Å². The van der Waals surface area contributed by atoms with Gasteiger partial charge in [0, 0.05) is 18.8 Å². The molecule has 0 spiro atoms. The lowest BCUT2D eigenvalue weighted by molar-refractivity contribution is -0.115. The van der Waals surface area contributed by atoms with Gasteiger partial charge >= 0.3 is 0 Å². The Hall–Kier alpha value is -3.42. The largest absolute Gasteiger partial charge is 0.378 e. The minimum absolute atomic E-state index is 0.244. The summed E-state index contributed by atoms with van der Waals surface area (Å²) in [6, 6.07) is 15.0. The standard InChI is InChI=1S/C22H21FN6O2S/c1-15(20(30)25-18-6-2-4-16(12-18)14-24)32-22-27-26-21(28-8-10-31-11-9-28)29(22)19-7-3-5-17(23)13-19/h2-7,12-13,15H,8-11H2,1H3,(H,25,30). The highest BCUT2D eigenvalue weighted by Crippen LogP contribution is 2.30. The Morgan fingerprint density at radius 3 is 2.75 bits per heavy atom. The monoisotopic (exact) mass is 452 g/mol. The van der Waals surface area contributed by atoms with E-state index in [1.54, 1.807) is 47.9 Å². The lowest BCUT2D eigenvalue weighted by Gasteiger charge is -2.28. The van der Waals surface area contributed by atoms with Crippen LogP contribution in [0.4, 0.5) is 16.0 Å². The van der Waals surface area contributed by atoms with Crippen LogP contribution < -0.4 is 10.2 Å². The van der Waals surface area contributed by atoms with Gasteiger partial charge in [-0.1, -0.05) is 23.9 Å². The topological polar surface area (TPSA) is 96.1 Å². The molecule has 0 aliphatic carbocycles. The van der Waals surface area contributed by atoms with Crippen LogP contribution in [0.2, 0.25) is 0 Å². The van der Waals surface area contributed by atoms with E-state index in [9.17, 15) is 9.18 Å². The Kier molecular flexibility index (Phi) is 6.68. The van der Waals surface area contributed by atoms with Gasteiger partial charge in [-0.05, 0) is 43.3 Å². The van der Waals surface area contributed by atoms with Crippen LogP contribution >= 0.6 is 11.8 Å². The van der Waals surface area contributed by atoms with Crippen LogP contribution in [0, 0.1) is 17.1 Å². The van der Waals surface area contributed by atoms with Gasteiger partial charge in [0.25, 0.3) is 0 Å². The predicted octanol–water partition coefficient (Wildman–Crippen LogP) is 3.23. The van der Waals surface area contributed by atoms with Crippen LogP contribution in [0.15, 0.2) is 53.7 Å². The number of aromatic nitrogens is 3. The molecule has 2 heterocycles. The van der Waals surface area contributed by atoms with Crippen LogP contribution in [0.5, 0.6) is 0 Å². The fraction of sp³-hybridized carbons (Fsp3) is 0.273. The molecule has 3 aromatic rings. The number of hydrogen-bond donors (Lipinski definition) is 1. The van der Waals surface area contributed by atoms with E-state index in [-0.39, 0.29) is 11.7 Å². The average molecular weight is 453 g/mol. The van der Waals surface area contributed by atoms with Gasteiger partial charge in [-0.15, -0.1) is 10.2 Å². The molecule has 1 atom stereocenters. The van der Waals surface area contributed by atoms with Crippen LogP contribution in [0.3, 0.4) is 0 Å². The molecule has 0 radical (unpaired) electrons. The molecular weight excluding hydrogens is 431 g/mol. The second kappa shape index (κ2) is 9.80. The number of nitriles is 1. The highest BCUT2D eigenvalue weighted by molar-refractivity contribution is 8.00. The van der Waals surface area contributed by atoms with Crippen LogP contribution in [-0.2, 0) is 9.53 Å². The van der Waals surface area contributed by atoms with Gasteiger partial charge < -0.3 is 15.0 Å². The summed E-state index contributed by atoms with van der Waals surface area (Å²) in [6.45, 7) is 4.18. The maximum atomic E-state index is 14.0. The number of nitrogens with zero attached hydrogens (tertiary/aromatic N) is 5. The number of ether oxygens (including phenoxy) is 1. The summed E-state index contributed by atoms with van der Waals surface area (Å²) in [7, 11) is 0. The number of morpholine rings is 1. The summed E-state index contributed by atoms with van der Waals surface area (Å²) in [6.07, 6.45) is 0. The first-order valence-electron chi connectivity index (χ1n) is 10.1. The molecule has 1 fully saturated rings. The molecule has 1 unspecified atom stereocenters. The molecule has 1 amide bonds. The minimum atomic E-state index is -0.519. The van der Waals surface area contributed by atoms with Crippen LogP contribution in [0.25, 0.3) is 5.69 Å². The Morgan fingerprint density at radius 1 is 1.22 bits per heavy atom. The van der Waals surface area contributed by atoms with Crippen molar-refractivity contribution in [2.45, 2.75) is 17.3 Å². The molecule has 32 heavy (non-hydrogen) atoms. The Balaban J connectivity index is 1.59. The maximum Gasteiger partial charge on any atom is 0.237 e. The molecule has 0 saturated carbocycles. The number of benzene rings is 2. The van der Waals surface area contributed by atoms with Gasteiger partial charge in [0.1, 0.15) is 5.82 Å². The lowest BCUT2D eigenvalue weighted by Crippen LogP contribution is -2.38. The fourth-order valence-corrected chi connectivity index (χ4v) is 4.13. The highest BCUT2D eigenvalue weighted by atomic mass is 32.2. The number of nitrogens with one attached hydrogen (secondary N) is 1. The van der Waals surface area contributed by atoms with Crippen molar-refractivity contribution >= 4 is 29.3 Å². The third kappa shape index (κ3) is 4.90. The summed E-state index contributed by atoms with van der Waals surface area (Å²) in [5.41, 5.74) is 1.58. The van der Waals surface area contributed by atoms with Gasteiger partial charge in [-0.25, -0.2) is 4.39 Å². The average Bonchev–Trinajstić information content (AvgIpc) is 3.23. The third-order valence-electron chi connectivity index (χ3n) is 4.89. The minimum Gasteiger partial charge on any atom is -0.378 e. The van der Waals surface area contributed by atoms with Gasteiger partial charge in [0.05, 0.1) is 35.8 Å². The van der Waals surface area contributed by atoms with E-state index in [4.69, 9.17) is 10.00 Å². The predicted molar refractivity (Wildman–Crippen MR) is 119 cm³/mol. The van der Waals surface area contributed by atoms with E-state index in [1.165, 1.54) is 23.9 Å². The SMILES string of the molecule is CC(Sc1nnc(N2CCOCC2)n1-c1cccc(F)c1)C(=O)Nc1cccc(C#N)c1. The first kappa shape index (κ1) is 21.8. The summed E-state index contributed by atoms with van der Waals surface area (Å²) in [5.74, 6) is -0.0363. The zero-order chi connectivity index (χ0) is 22.5. The van der Waals surface area contributed by atoms with Crippen LogP contribution in [-0.4, -0.2) is 52.2 Å². The maximum absolute atomic E-state index is 14.0. The van der Waals surface area contributed by atoms with Crippen molar-refractivity contribution in [3.8, 4) is 11.8 Å². The molecular formula is C22H21FN6O2S. The highest BCUT2D eigenvalue weighted by Gasteiger charge is 2.25. The lowest BCUT2D eigenvalue weighted by atomic mass is 10.2. The molecule has 1 aliphatic rings. The first-order valence-corrected chi connectivity index (χ1v) is 10.9. The van der Waals surface area contributed by atoms with Gasteiger partial charge in [-0.2, -0.15) is 5.26 Å². The van der Waals surface area contributed by atoms with E-state index in [2.05, 4.69) is 21.6 Å². The van der Waals surface area contributed by atoms with Gasteiger partial charge in [-0.3, -0.25) is 9.36 Å². The smallest absolute Gasteiger partial charge is 0.237 e. The number of rotatable bonds is 6. The molecule has 1 aliphatic heterocycles. The van der Waals surface area contributed by atoms with Crippen molar-refractivity contribution in [3.05, 3.63) is 59.9 Å². The van der Waals surface area contributed by atoms with Gasteiger partial charge in [0.15, 0.2) is 5.16 Å². The Morgan fingerprint density at radius 2 is 2.00 bits per heavy atom. The van der Waals surface area contributed by atoms with E-state index < -0.39 is 5.25 Å². The number of halogens is 1. The summed E-state index contributed by atoms with van der Waals surface area (Å²) in [5, 5.41) is 20.5. The van der Waals surface area contributed by atoms with Crippen molar-refractivity contribution in [1.82, 2.24) is 14.8 Å². The molecule has 2 aromatic carbocycles. The Labute approximate surface area is 189 Å². The van der Waals surface area contributed by atoms with Crippen molar-refractivity contribution in [2.75, 3.05) is 36.5 Å². The fourth-order valence-electron chi connectivity index (χ4n) is 3.27. The normalized spacial score (nSPS) is 14.6. The van der Waals surface area contributed by atoms with E-state index in [0.717, 1.165) is 0 Å². The summed E-state index contributed by atoms with van der Waals surface area (Å²) >= 11 is 1.22. The zero-order valence-corrected chi connectivity index (χ0v) is 18.2. The third-order valence-corrected chi connectivity index (χ3v) is 5.93. The molecule has 164 valence electrons. The number of carbonyl (C=O) groups excluding carboxylic acids is 1. The number of hydrogen-bond acceptors (Lipinski definition) is 7. The van der Waals surface area contributed by atoms with Gasteiger partial charge in [0.2, 0.25) is 11.9 Å². The molecule has 1 N–H and O–H groups in total. The molecule has 0 bridgehead atoms. The number of amides is 1. The number of thioether (sulfide) groups is 1. The second-order valence-corrected chi connectivity index (χ2v) is 8.45. The first-order chi connectivity index (χ1) is 15.5. The molecule has 1 saturated heterocycles. The van der Waals surface area contributed by atoms with Crippen molar-refractivity contribution < 1.29 is 13.9 Å². The van der Waals surface area contributed by atoms with E-state index in [0.29, 0.717) is 54.3 Å². The second-order valence-electron chi connectivity index (χ2n) is 7.14. The zero-order valence-electron chi connectivity index (χ0n) is 17.4. The van der Waals surface area contributed by atoms with Crippen molar-refractivity contribution in [1.29, 1.82) is 5.26 Å². The van der Waals surface area contributed by atoms with Crippen molar-refractivity contribution in [3.63, 3.8) is 0 Å². The molecule has 8 nitrogen and oxygen atoms in total. The molecule has 4 rings (SSSR count). The molecule has 1 aromatic heterocycles. The number of carbonyl (C=O) groups is 1. The Bertz CT molecular complexity index is 1160.